The third-order valence-corrected chi connectivity index (χ3v) is 4.18. The van der Waals surface area contributed by atoms with Gasteiger partial charge in [0.25, 0.3) is 0 Å². The van der Waals surface area contributed by atoms with Crippen LogP contribution in [0.15, 0.2) is 18.2 Å². The van der Waals surface area contributed by atoms with Gasteiger partial charge in [0.05, 0.1) is 5.56 Å². The molecule has 0 amide bonds. The number of hydrogen-bond acceptors (Lipinski definition) is 2. The summed E-state index contributed by atoms with van der Waals surface area (Å²) in [5.41, 5.74) is 5.39. The molecule has 1 aromatic rings. The molecule has 2 N–H and O–H groups in total. The summed E-state index contributed by atoms with van der Waals surface area (Å²) in [6.07, 6.45) is -1.20. The van der Waals surface area contributed by atoms with Crippen molar-refractivity contribution in [1.82, 2.24) is 0 Å². The Morgan fingerprint density at radius 2 is 2.00 bits per heavy atom. The second kappa shape index (κ2) is 6.22. The smallest absolute Gasteiger partial charge is 0.389 e. The molecule has 1 fully saturated rings. The van der Waals surface area contributed by atoms with Gasteiger partial charge in [-0.2, -0.15) is 13.2 Å². The van der Waals surface area contributed by atoms with Crippen molar-refractivity contribution in [2.75, 3.05) is 18.0 Å². The lowest BCUT2D eigenvalue weighted by Crippen LogP contribution is -2.25. The number of rotatable bonds is 2. The Bertz CT molecular complexity index is 528. The van der Waals surface area contributed by atoms with Gasteiger partial charge in [0.15, 0.2) is 0 Å². The molecular formula is C15H19F3N2S. The Labute approximate surface area is 128 Å². The molecule has 1 unspecified atom stereocenters. The fraction of sp³-hybridized carbons (Fsp3) is 0.533. The molecule has 6 heteroatoms. The van der Waals surface area contributed by atoms with Crippen LogP contribution in [0.4, 0.5) is 18.9 Å². The van der Waals surface area contributed by atoms with Crippen molar-refractivity contribution in [2.45, 2.75) is 32.4 Å². The molecule has 0 spiro atoms. The van der Waals surface area contributed by atoms with E-state index in [4.69, 9.17) is 18.0 Å². The van der Waals surface area contributed by atoms with Gasteiger partial charge in [-0.25, -0.2) is 0 Å². The molecule has 1 aliphatic heterocycles. The third kappa shape index (κ3) is 3.87. The van der Waals surface area contributed by atoms with Gasteiger partial charge in [-0.3, -0.25) is 0 Å². The molecule has 0 bridgehead atoms. The van der Waals surface area contributed by atoms with Crippen LogP contribution in [0.3, 0.4) is 0 Å². The van der Waals surface area contributed by atoms with E-state index in [1.165, 1.54) is 12.1 Å². The molecular weight excluding hydrogens is 297 g/mol. The standard InChI is InChI=1S/C15H19F3N2S/c1-10-3-2-7-20(8-6-10)11-4-5-13(15(16,17)18)12(9-11)14(19)21/h4-5,9-10H,2-3,6-8H2,1H3,(H2,19,21). The predicted molar refractivity (Wildman–Crippen MR) is 82.6 cm³/mol. The Kier molecular flexibility index (Phi) is 4.76. The summed E-state index contributed by atoms with van der Waals surface area (Å²) in [7, 11) is 0. The van der Waals surface area contributed by atoms with Crippen LogP contribution < -0.4 is 10.6 Å². The monoisotopic (exact) mass is 316 g/mol. The van der Waals surface area contributed by atoms with Gasteiger partial charge in [0.2, 0.25) is 0 Å². The van der Waals surface area contributed by atoms with E-state index in [1.807, 2.05) is 0 Å². The first-order chi connectivity index (χ1) is 9.79. The fourth-order valence-electron chi connectivity index (χ4n) is 2.70. The Balaban J connectivity index is 2.33. The second-order valence-corrected chi connectivity index (χ2v) is 6.05. The van der Waals surface area contributed by atoms with Crippen LogP contribution in [0.5, 0.6) is 0 Å². The highest BCUT2D eigenvalue weighted by molar-refractivity contribution is 7.80. The topological polar surface area (TPSA) is 29.3 Å². The summed E-state index contributed by atoms with van der Waals surface area (Å²) in [5, 5.41) is 0. The summed E-state index contributed by atoms with van der Waals surface area (Å²) in [6.45, 7) is 3.91. The van der Waals surface area contributed by atoms with Gasteiger partial charge in [-0.1, -0.05) is 19.1 Å². The number of alkyl halides is 3. The van der Waals surface area contributed by atoms with Crippen LogP contribution in [-0.2, 0) is 6.18 Å². The summed E-state index contributed by atoms with van der Waals surface area (Å²) in [5.74, 6) is 0.652. The normalized spacial score (nSPS) is 20.2. The number of nitrogens with zero attached hydrogens (tertiary/aromatic N) is 1. The molecule has 1 aliphatic rings. The van der Waals surface area contributed by atoms with Crippen LogP contribution in [-0.4, -0.2) is 18.1 Å². The van der Waals surface area contributed by atoms with Crippen molar-refractivity contribution >= 4 is 22.9 Å². The molecule has 21 heavy (non-hydrogen) atoms. The second-order valence-electron chi connectivity index (χ2n) is 5.62. The Hall–Kier alpha value is -1.30. The van der Waals surface area contributed by atoms with Crippen molar-refractivity contribution in [3.8, 4) is 0 Å². The lowest BCUT2D eigenvalue weighted by molar-refractivity contribution is -0.137. The highest BCUT2D eigenvalue weighted by Crippen LogP contribution is 2.34. The number of nitrogens with two attached hydrogens (primary N) is 1. The van der Waals surface area contributed by atoms with Gasteiger partial charge in [0, 0.05) is 24.3 Å². The van der Waals surface area contributed by atoms with Gasteiger partial charge in [-0.05, 0) is 43.4 Å². The highest BCUT2D eigenvalue weighted by atomic mass is 32.1. The lowest BCUT2D eigenvalue weighted by Gasteiger charge is -2.24. The number of thiocarbonyl (C=S) groups is 1. The van der Waals surface area contributed by atoms with Crippen molar-refractivity contribution < 1.29 is 13.2 Å². The summed E-state index contributed by atoms with van der Waals surface area (Å²) in [6, 6.07) is 4.07. The molecule has 0 aromatic heterocycles. The van der Waals surface area contributed by atoms with E-state index in [9.17, 15) is 13.2 Å². The van der Waals surface area contributed by atoms with Crippen molar-refractivity contribution in [1.29, 1.82) is 0 Å². The minimum absolute atomic E-state index is 0.0905. The number of hydrogen-bond donors (Lipinski definition) is 1. The van der Waals surface area contributed by atoms with E-state index in [0.29, 0.717) is 5.92 Å². The van der Waals surface area contributed by atoms with Gasteiger partial charge < -0.3 is 10.6 Å². The van der Waals surface area contributed by atoms with E-state index < -0.39 is 11.7 Å². The minimum Gasteiger partial charge on any atom is -0.389 e. The van der Waals surface area contributed by atoms with E-state index >= 15 is 0 Å². The average molecular weight is 316 g/mol. The zero-order valence-electron chi connectivity index (χ0n) is 11.9. The summed E-state index contributed by atoms with van der Waals surface area (Å²) >= 11 is 4.78. The van der Waals surface area contributed by atoms with Crippen LogP contribution in [0.1, 0.15) is 37.3 Å². The maximum Gasteiger partial charge on any atom is 0.417 e. The SMILES string of the molecule is CC1CCCN(c2ccc(C(F)(F)F)c(C(N)=S)c2)CC1. The molecule has 1 heterocycles. The zero-order valence-corrected chi connectivity index (χ0v) is 12.7. The van der Waals surface area contributed by atoms with Crippen molar-refractivity contribution in [2.24, 2.45) is 11.7 Å². The fourth-order valence-corrected chi connectivity index (χ4v) is 2.87. The zero-order chi connectivity index (χ0) is 15.6. The van der Waals surface area contributed by atoms with Crippen molar-refractivity contribution in [3.05, 3.63) is 29.3 Å². The van der Waals surface area contributed by atoms with Crippen LogP contribution in [0.25, 0.3) is 0 Å². The molecule has 1 atom stereocenters. The molecule has 1 saturated heterocycles. The maximum atomic E-state index is 13.0. The predicted octanol–water partition coefficient (Wildman–Crippen LogP) is 3.97. The molecule has 0 saturated carbocycles. The Morgan fingerprint density at radius 3 is 2.62 bits per heavy atom. The highest BCUT2D eigenvalue weighted by Gasteiger charge is 2.34. The van der Waals surface area contributed by atoms with E-state index in [1.54, 1.807) is 0 Å². The maximum absolute atomic E-state index is 13.0. The minimum atomic E-state index is -4.44. The van der Waals surface area contributed by atoms with Crippen LogP contribution >= 0.6 is 12.2 Å². The quantitative estimate of drug-likeness (QED) is 0.837. The molecule has 116 valence electrons. The van der Waals surface area contributed by atoms with Gasteiger partial charge >= 0.3 is 6.18 Å². The third-order valence-electron chi connectivity index (χ3n) is 3.96. The summed E-state index contributed by atoms with van der Waals surface area (Å²) in [4.78, 5) is 1.90. The van der Waals surface area contributed by atoms with Crippen molar-refractivity contribution in [3.63, 3.8) is 0 Å². The molecule has 0 radical (unpaired) electrons. The van der Waals surface area contributed by atoms with E-state index in [0.717, 1.165) is 44.1 Å². The van der Waals surface area contributed by atoms with Gasteiger partial charge in [-0.15, -0.1) is 0 Å². The number of benzene rings is 1. The molecule has 1 aromatic carbocycles. The number of halogens is 3. The van der Waals surface area contributed by atoms with Crippen LogP contribution in [0, 0.1) is 5.92 Å². The van der Waals surface area contributed by atoms with Crippen LogP contribution in [0.2, 0.25) is 0 Å². The van der Waals surface area contributed by atoms with E-state index in [-0.39, 0.29) is 10.6 Å². The first-order valence-electron chi connectivity index (χ1n) is 7.05. The first-order valence-corrected chi connectivity index (χ1v) is 7.46. The molecule has 0 aliphatic carbocycles. The first kappa shape index (κ1) is 16.1. The largest absolute Gasteiger partial charge is 0.417 e. The summed E-state index contributed by atoms with van der Waals surface area (Å²) < 4.78 is 38.9. The van der Waals surface area contributed by atoms with E-state index in [2.05, 4.69) is 11.8 Å². The number of anilines is 1. The molecule has 2 rings (SSSR count). The molecule has 2 nitrogen and oxygen atoms in total. The Morgan fingerprint density at radius 1 is 1.29 bits per heavy atom. The van der Waals surface area contributed by atoms with Gasteiger partial charge in [0.1, 0.15) is 4.99 Å². The average Bonchev–Trinajstić information content (AvgIpc) is 2.62. The lowest BCUT2D eigenvalue weighted by atomic mass is 10.0.